The highest BCUT2D eigenvalue weighted by molar-refractivity contribution is 5.93. The molecule has 26 heavy (non-hydrogen) atoms. The van der Waals surface area contributed by atoms with Crippen LogP contribution in [-0.2, 0) is 6.54 Å². The van der Waals surface area contributed by atoms with Crippen LogP contribution in [0.15, 0.2) is 29.3 Å². The largest absolute Gasteiger partial charge is 0.357 e. The molecule has 0 spiro atoms. The van der Waals surface area contributed by atoms with E-state index in [4.69, 9.17) is 0 Å². The van der Waals surface area contributed by atoms with Crippen molar-refractivity contribution in [2.24, 2.45) is 10.9 Å². The first-order chi connectivity index (χ1) is 12.5. The predicted octanol–water partition coefficient (Wildman–Crippen LogP) is 1.79. The van der Waals surface area contributed by atoms with Crippen molar-refractivity contribution in [1.29, 1.82) is 0 Å². The molecular formula is C20H33N5O. The van der Waals surface area contributed by atoms with Crippen molar-refractivity contribution >= 4 is 11.9 Å². The van der Waals surface area contributed by atoms with E-state index in [1.54, 1.807) is 19.0 Å². The molecule has 6 heteroatoms. The van der Waals surface area contributed by atoms with E-state index in [2.05, 4.69) is 34.4 Å². The summed E-state index contributed by atoms with van der Waals surface area (Å²) in [5.74, 6) is 1.57. The molecule has 1 unspecified atom stereocenters. The first-order valence-electron chi connectivity index (χ1n) is 9.58. The van der Waals surface area contributed by atoms with Gasteiger partial charge in [-0.15, -0.1) is 0 Å². The second-order valence-electron chi connectivity index (χ2n) is 7.02. The Labute approximate surface area is 157 Å². The predicted molar refractivity (Wildman–Crippen MR) is 107 cm³/mol. The van der Waals surface area contributed by atoms with Crippen molar-refractivity contribution in [1.82, 2.24) is 20.4 Å². The van der Waals surface area contributed by atoms with E-state index in [1.807, 2.05) is 24.3 Å². The molecule has 0 radical (unpaired) electrons. The fourth-order valence-corrected chi connectivity index (χ4v) is 3.13. The lowest BCUT2D eigenvalue weighted by molar-refractivity contribution is 0.0827. The van der Waals surface area contributed by atoms with E-state index < -0.39 is 0 Å². The van der Waals surface area contributed by atoms with Gasteiger partial charge in [0.05, 0.1) is 6.54 Å². The molecule has 1 heterocycles. The van der Waals surface area contributed by atoms with Gasteiger partial charge in [0.25, 0.3) is 5.91 Å². The van der Waals surface area contributed by atoms with Crippen molar-refractivity contribution in [2.75, 3.05) is 46.8 Å². The number of carbonyl (C=O) groups is 1. The maximum atomic E-state index is 11.9. The highest BCUT2D eigenvalue weighted by atomic mass is 16.2. The number of amides is 1. The summed E-state index contributed by atoms with van der Waals surface area (Å²) in [6.45, 7) is 10.2. The number of carbonyl (C=O) groups excluding carboxylic acids is 1. The number of nitrogens with zero attached hydrogens (tertiary/aromatic N) is 3. The van der Waals surface area contributed by atoms with Crippen LogP contribution in [-0.4, -0.2) is 68.5 Å². The number of guanidine groups is 1. The summed E-state index contributed by atoms with van der Waals surface area (Å²) in [4.78, 5) is 20.7. The first kappa shape index (κ1) is 20.2. The van der Waals surface area contributed by atoms with Gasteiger partial charge in [0.2, 0.25) is 0 Å². The second-order valence-corrected chi connectivity index (χ2v) is 7.02. The Morgan fingerprint density at radius 3 is 2.54 bits per heavy atom. The van der Waals surface area contributed by atoms with Gasteiger partial charge in [0, 0.05) is 39.3 Å². The standard InChI is InChI=1S/C20H33N5O/c1-5-21-20(23-14-17-11-12-25(6-2)15-17)22-13-16-7-9-18(10-8-16)19(26)24(3)4/h7-10,17H,5-6,11-15H2,1-4H3,(H2,21,22,23). The molecule has 144 valence electrons. The number of hydrogen-bond donors (Lipinski definition) is 2. The molecule has 2 rings (SSSR count). The molecule has 1 aliphatic heterocycles. The van der Waals surface area contributed by atoms with Gasteiger partial charge in [-0.3, -0.25) is 4.79 Å². The molecule has 1 amide bonds. The third kappa shape index (κ3) is 6.02. The summed E-state index contributed by atoms with van der Waals surface area (Å²) < 4.78 is 0. The Morgan fingerprint density at radius 1 is 1.23 bits per heavy atom. The van der Waals surface area contributed by atoms with Gasteiger partial charge in [-0.25, -0.2) is 4.99 Å². The maximum Gasteiger partial charge on any atom is 0.253 e. The molecule has 1 aromatic carbocycles. The van der Waals surface area contributed by atoms with Crippen LogP contribution < -0.4 is 10.6 Å². The fraction of sp³-hybridized carbons (Fsp3) is 0.600. The number of aliphatic imine (C=N–C) groups is 1. The molecule has 1 aromatic rings. The minimum atomic E-state index is 0.0211. The number of rotatable bonds is 7. The van der Waals surface area contributed by atoms with Gasteiger partial charge < -0.3 is 20.4 Å². The summed E-state index contributed by atoms with van der Waals surface area (Å²) in [6, 6.07) is 7.68. The Morgan fingerprint density at radius 2 is 1.96 bits per heavy atom. The van der Waals surface area contributed by atoms with Crippen molar-refractivity contribution in [3.63, 3.8) is 0 Å². The highest BCUT2D eigenvalue weighted by Gasteiger charge is 2.20. The maximum absolute atomic E-state index is 11.9. The summed E-state index contributed by atoms with van der Waals surface area (Å²) in [5.41, 5.74) is 1.80. The van der Waals surface area contributed by atoms with Crippen LogP contribution in [0.3, 0.4) is 0 Å². The minimum absolute atomic E-state index is 0.0211. The molecule has 0 saturated carbocycles. The third-order valence-corrected chi connectivity index (χ3v) is 4.75. The number of benzene rings is 1. The van der Waals surface area contributed by atoms with Gasteiger partial charge in [-0.1, -0.05) is 19.1 Å². The lowest BCUT2D eigenvalue weighted by Crippen LogP contribution is -2.40. The van der Waals surface area contributed by atoms with Gasteiger partial charge in [-0.2, -0.15) is 0 Å². The van der Waals surface area contributed by atoms with Gasteiger partial charge in [0.1, 0.15) is 0 Å². The molecule has 0 aromatic heterocycles. The number of likely N-dealkylation sites (tertiary alicyclic amines) is 1. The number of nitrogens with one attached hydrogen (secondary N) is 2. The molecule has 0 bridgehead atoms. The minimum Gasteiger partial charge on any atom is -0.357 e. The van der Waals surface area contributed by atoms with Crippen LogP contribution in [0, 0.1) is 5.92 Å². The van der Waals surface area contributed by atoms with Crippen molar-refractivity contribution < 1.29 is 4.79 Å². The molecule has 1 fully saturated rings. The molecule has 1 saturated heterocycles. The SMILES string of the molecule is CCNC(=NCc1ccc(C(=O)N(C)C)cc1)NCC1CCN(CC)C1. The van der Waals surface area contributed by atoms with E-state index in [9.17, 15) is 4.79 Å². The molecular weight excluding hydrogens is 326 g/mol. The molecule has 0 aliphatic carbocycles. The van der Waals surface area contributed by atoms with Crippen molar-refractivity contribution in [3.8, 4) is 0 Å². The quantitative estimate of drug-likeness (QED) is 0.576. The Hall–Kier alpha value is -2.08. The van der Waals surface area contributed by atoms with Crippen molar-refractivity contribution in [3.05, 3.63) is 35.4 Å². The molecule has 1 atom stereocenters. The van der Waals surface area contributed by atoms with Crippen LogP contribution in [0.25, 0.3) is 0 Å². The summed E-state index contributed by atoms with van der Waals surface area (Å²) in [5, 5.41) is 6.78. The fourth-order valence-electron chi connectivity index (χ4n) is 3.13. The zero-order chi connectivity index (χ0) is 18.9. The highest BCUT2D eigenvalue weighted by Crippen LogP contribution is 2.14. The average Bonchev–Trinajstić information content (AvgIpc) is 3.12. The summed E-state index contributed by atoms with van der Waals surface area (Å²) in [6.07, 6.45) is 1.25. The van der Waals surface area contributed by atoms with E-state index in [0.717, 1.165) is 31.2 Å². The Balaban J connectivity index is 1.88. The van der Waals surface area contributed by atoms with Crippen LogP contribution >= 0.6 is 0 Å². The van der Waals surface area contributed by atoms with Gasteiger partial charge in [-0.05, 0) is 50.0 Å². The molecule has 1 aliphatic rings. The van der Waals surface area contributed by atoms with Gasteiger partial charge >= 0.3 is 0 Å². The number of hydrogen-bond acceptors (Lipinski definition) is 3. The van der Waals surface area contributed by atoms with Crippen LogP contribution in [0.2, 0.25) is 0 Å². The van der Waals surface area contributed by atoms with E-state index in [-0.39, 0.29) is 5.91 Å². The lowest BCUT2D eigenvalue weighted by atomic mass is 10.1. The summed E-state index contributed by atoms with van der Waals surface area (Å²) in [7, 11) is 3.53. The van der Waals surface area contributed by atoms with E-state index in [0.29, 0.717) is 18.0 Å². The zero-order valence-corrected chi connectivity index (χ0v) is 16.6. The second kappa shape index (κ2) is 10.2. The van der Waals surface area contributed by atoms with E-state index in [1.165, 1.54) is 19.5 Å². The zero-order valence-electron chi connectivity index (χ0n) is 16.6. The topological polar surface area (TPSA) is 60.0 Å². The van der Waals surface area contributed by atoms with Gasteiger partial charge in [0.15, 0.2) is 5.96 Å². The smallest absolute Gasteiger partial charge is 0.253 e. The van der Waals surface area contributed by atoms with Crippen molar-refractivity contribution in [2.45, 2.75) is 26.8 Å². The Kier molecular flexibility index (Phi) is 7.91. The summed E-state index contributed by atoms with van der Waals surface area (Å²) >= 11 is 0. The third-order valence-electron chi connectivity index (χ3n) is 4.75. The van der Waals surface area contributed by atoms with E-state index >= 15 is 0 Å². The van der Waals surface area contributed by atoms with Crippen LogP contribution in [0.1, 0.15) is 36.2 Å². The first-order valence-corrected chi connectivity index (χ1v) is 9.58. The van der Waals surface area contributed by atoms with Crippen LogP contribution in [0.4, 0.5) is 0 Å². The lowest BCUT2D eigenvalue weighted by Gasteiger charge is -2.16. The monoisotopic (exact) mass is 359 g/mol. The molecule has 2 N–H and O–H groups in total. The molecule has 6 nitrogen and oxygen atoms in total. The normalized spacial score (nSPS) is 18.0. The average molecular weight is 360 g/mol. The van der Waals surface area contributed by atoms with Crippen LogP contribution in [0.5, 0.6) is 0 Å². The Bertz CT molecular complexity index is 597.